The molecule has 0 bridgehead atoms. The molecule has 0 amide bonds. The van der Waals surface area contributed by atoms with Gasteiger partial charge in [0, 0.05) is 11.6 Å². The van der Waals surface area contributed by atoms with Crippen LogP contribution in [-0.4, -0.2) is 16.5 Å². The van der Waals surface area contributed by atoms with Crippen molar-refractivity contribution in [2.75, 3.05) is 7.05 Å². The summed E-state index contributed by atoms with van der Waals surface area (Å²) in [5.41, 5.74) is 2.57. The van der Waals surface area contributed by atoms with Gasteiger partial charge in [-0.2, -0.15) is 0 Å². The van der Waals surface area contributed by atoms with E-state index < -0.39 is 0 Å². The number of aromatic nitrogens is 1. The molecule has 21 heavy (non-hydrogen) atoms. The number of benzene rings is 2. The van der Waals surface area contributed by atoms with Crippen LogP contribution in [0.25, 0.3) is 11.1 Å². The van der Waals surface area contributed by atoms with Crippen molar-refractivity contribution in [1.82, 2.24) is 9.47 Å². The van der Waals surface area contributed by atoms with Gasteiger partial charge in [-0.1, -0.05) is 35.9 Å². The zero-order valence-corrected chi connectivity index (χ0v) is 12.4. The molecule has 0 saturated carbocycles. The number of oxazole rings is 1. The number of rotatable bonds is 4. The van der Waals surface area contributed by atoms with Gasteiger partial charge < -0.3 is 4.42 Å². The second-order valence-corrected chi connectivity index (χ2v) is 5.48. The summed E-state index contributed by atoms with van der Waals surface area (Å²) < 4.78 is 6.86. The summed E-state index contributed by atoms with van der Waals surface area (Å²) in [4.78, 5) is 14.0. The van der Waals surface area contributed by atoms with E-state index in [-0.39, 0.29) is 5.76 Å². The Bertz CT molecular complexity index is 805. The van der Waals surface area contributed by atoms with Crippen LogP contribution in [0.4, 0.5) is 0 Å². The Morgan fingerprint density at radius 2 is 1.86 bits per heavy atom. The maximum atomic E-state index is 11.9. The van der Waals surface area contributed by atoms with E-state index in [1.165, 1.54) is 0 Å². The molecule has 2 aromatic carbocycles. The Labute approximate surface area is 127 Å². The summed E-state index contributed by atoms with van der Waals surface area (Å²) in [6.45, 7) is 1.20. The summed E-state index contributed by atoms with van der Waals surface area (Å²) in [5.74, 6) is -0.334. The smallest absolute Gasteiger partial charge is 0.408 e. The van der Waals surface area contributed by atoms with Crippen LogP contribution in [0.3, 0.4) is 0 Å². The van der Waals surface area contributed by atoms with Gasteiger partial charge in [0.2, 0.25) is 0 Å². The fourth-order valence-corrected chi connectivity index (χ4v) is 2.47. The normalized spacial score (nSPS) is 11.4. The Morgan fingerprint density at radius 1 is 1.14 bits per heavy atom. The third-order valence-corrected chi connectivity index (χ3v) is 3.57. The van der Waals surface area contributed by atoms with Gasteiger partial charge in [-0.05, 0) is 36.9 Å². The predicted octanol–water partition coefficient (Wildman–Crippen LogP) is 3.34. The Balaban J connectivity index is 1.80. The van der Waals surface area contributed by atoms with Crippen molar-refractivity contribution in [3.8, 4) is 0 Å². The molecule has 4 nitrogen and oxygen atoms in total. The van der Waals surface area contributed by atoms with Crippen LogP contribution in [0.5, 0.6) is 0 Å². The van der Waals surface area contributed by atoms with Gasteiger partial charge in [-0.25, -0.2) is 4.79 Å². The lowest BCUT2D eigenvalue weighted by Crippen LogP contribution is -2.27. The van der Waals surface area contributed by atoms with Crippen molar-refractivity contribution in [1.29, 1.82) is 0 Å². The molecule has 0 aliphatic carbocycles. The average Bonchev–Trinajstić information content (AvgIpc) is 2.78. The summed E-state index contributed by atoms with van der Waals surface area (Å²) in [7, 11) is 1.96. The fraction of sp³-hybridized carbons (Fsp3) is 0.188. The highest BCUT2D eigenvalue weighted by molar-refractivity contribution is 6.30. The van der Waals surface area contributed by atoms with Gasteiger partial charge in [0.05, 0.1) is 12.2 Å². The van der Waals surface area contributed by atoms with E-state index in [0.29, 0.717) is 12.3 Å². The quantitative estimate of drug-likeness (QED) is 0.742. The number of nitrogens with zero attached hydrogens (tertiary/aromatic N) is 2. The molecule has 0 radical (unpaired) electrons. The summed E-state index contributed by atoms with van der Waals surface area (Å²) >= 11 is 5.88. The van der Waals surface area contributed by atoms with Crippen molar-refractivity contribution in [3.63, 3.8) is 0 Å². The largest absolute Gasteiger partial charge is 0.421 e. The van der Waals surface area contributed by atoms with Gasteiger partial charge in [0.15, 0.2) is 5.58 Å². The molecule has 0 unspecified atom stereocenters. The van der Waals surface area contributed by atoms with E-state index in [1.807, 2.05) is 54.4 Å². The maximum absolute atomic E-state index is 11.9. The lowest BCUT2D eigenvalue weighted by molar-refractivity contribution is 0.253. The molecule has 5 heteroatoms. The molecule has 108 valence electrons. The van der Waals surface area contributed by atoms with Crippen molar-refractivity contribution < 1.29 is 4.42 Å². The highest BCUT2D eigenvalue weighted by atomic mass is 35.5. The molecule has 0 saturated heterocycles. The van der Waals surface area contributed by atoms with E-state index in [4.69, 9.17) is 16.0 Å². The summed E-state index contributed by atoms with van der Waals surface area (Å²) in [6, 6.07) is 15.1. The summed E-state index contributed by atoms with van der Waals surface area (Å²) in [6.07, 6.45) is 0. The highest BCUT2D eigenvalue weighted by Gasteiger charge is 2.10. The first kappa shape index (κ1) is 13.9. The van der Waals surface area contributed by atoms with E-state index in [9.17, 15) is 4.79 Å². The van der Waals surface area contributed by atoms with E-state index in [0.717, 1.165) is 22.6 Å². The van der Waals surface area contributed by atoms with Gasteiger partial charge in [-0.15, -0.1) is 0 Å². The molecule has 0 N–H and O–H groups in total. The first-order valence-electron chi connectivity index (χ1n) is 6.65. The van der Waals surface area contributed by atoms with Gasteiger partial charge in [0.25, 0.3) is 0 Å². The monoisotopic (exact) mass is 302 g/mol. The second kappa shape index (κ2) is 5.76. The first-order chi connectivity index (χ1) is 10.1. The van der Waals surface area contributed by atoms with Crippen LogP contribution in [0.1, 0.15) is 5.56 Å². The molecule has 3 aromatic rings. The molecule has 1 heterocycles. The zero-order valence-electron chi connectivity index (χ0n) is 11.6. The third-order valence-electron chi connectivity index (χ3n) is 3.32. The Morgan fingerprint density at radius 3 is 2.62 bits per heavy atom. The average molecular weight is 303 g/mol. The topological polar surface area (TPSA) is 38.4 Å². The van der Waals surface area contributed by atoms with Crippen LogP contribution < -0.4 is 5.76 Å². The van der Waals surface area contributed by atoms with Gasteiger partial charge >= 0.3 is 5.76 Å². The van der Waals surface area contributed by atoms with Gasteiger partial charge in [0.1, 0.15) is 0 Å². The van der Waals surface area contributed by atoms with Gasteiger partial charge in [-0.3, -0.25) is 9.47 Å². The van der Waals surface area contributed by atoms with Crippen LogP contribution in [-0.2, 0) is 13.2 Å². The van der Waals surface area contributed by atoms with Crippen molar-refractivity contribution >= 4 is 22.7 Å². The Kier molecular flexibility index (Phi) is 3.82. The molecular formula is C16H15ClN2O2. The predicted molar refractivity (Wildman–Crippen MR) is 83.4 cm³/mol. The molecule has 0 aliphatic rings. The minimum absolute atomic E-state index is 0.334. The van der Waals surface area contributed by atoms with Crippen molar-refractivity contribution in [2.45, 2.75) is 13.2 Å². The summed E-state index contributed by atoms with van der Waals surface area (Å²) in [5, 5.41) is 0.721. The van der Waals surface area contributed by atoms with E-state index in [1.54, 1.807) is 10.6 Å². The van der Waals surface area contributed by atoms with Crippen molar-refractivity contribution in [3.05, 3.63) is 69.7 Å². The van der Waals surface area contributed by atoms with Crippen LogP contribution >= 0.6 is 11.6 Å². The molecule has 0 fully saturated rings. The third kappa shape index (κ3) is 3.01. The molecule has 1 aromatic heterocycles. The number of para-hydroxylation sites is 2. The number of halogens is 1. The lowest BCUT2D eigenvalue weighted by atomic mass is 10.2. The minimum atomic E-state index is -0.334. The second-order valence-electron chi connectivity index (χ2n) is 5.05. The number of hydrogen-bond acceptors (Lipinski definition) is 3. The number of fused-ring (bicyclic) bond motifs is 1. The van der Waals surface area contributed by atoms with Crippen LogP contribution in [0.15, 0.2) is 57.7 Å². The van der Waals surface area contributed by atoms with Crippen LogP contribution in [0, 0.1) is 0 Å². The fourth-order valence-electron chi connectivity index (χ4n) is 2.34. The molecule has 0 atom stereocenters. The van der Waals surface area contributed by atoms with Crippen molar-refractivity contribution in [2.24, 2.45) is 0 Å². The minimum Gasteiger partial charge on any atom is -0.408 e. The highest BCUT2D eigenvalue weighted by Crippen LogP contribution is 2.14. The lowest BCUT2D eigenvalue weighted by Gasteiger charge is -2.17. The Hall–Kier alpha value is -2.04. The maximum Gasteiger partial charge on any atom is 0.421 e. The molecular weight excluding hydrogens is 288 g/mol. The van der Waals surface area contributed by atoms with E-state index in [2.05, 4.69) is 0 Å². The zero-order chi connectivity index (χ0) is 14.8. The number of hydrogen-bond donors (Lipinski definition) is 0. The molecule has 0 aliphatic heterocycles. The van der Waals surface area contributed by atoms with E-state index >= 15 is 0 Å². The first-order valence-corrected chi connectivity index (χ1v) is 7.02. The SMILES string of the molecule is CN(Cc1ccc(Cl)cc1)Cn1c(=O)oc2ccccc21. The standard InChI is InChI=1S/C16H15ClN2O2/c1-18(10-12-6-8-13(17)9-7-12)11-19-14-4-2-3-5-15(14)21-16(19)20/h2-9H,10-11H2,1H3. The molecule has 3 rings (SSSR count). The van der Waals surface area contributed by atoms with Crippen LogP contribution in [0.2, 0.25) is 5.02 Å². The molecule has 0 spiro atoms.